The number of anilines is 6. The minimum atomic E-state index is -0.332. The molecule has 3 aromatic heterocycles. The SMILES string of the molecule is Cc1cccc(N(c2cccc(C)c2)c2ccc3c(c2)C(C)(C)c2c-3c3c4ccccc4cc4c5oc6cc(N(c7cccc(C)c7)c7cccc(C)c7)ccc6c5n2c43)c1. The quantitative estimate of drug-likeness (QED) is 0.168. The van der Waals surface area contributed by atoms with Gasteiger partial charge in [0, 0.05) is 73.0 Å². The van der Waals surface area contributed by atoms with Crippen LogP contribution in [0.3, 0.4) is 0 Å². The number of aromatic nitrogens is 1. The first-order valence-electron chi connectivity index (χ1n) is 21.3. The molecule has 4 heteroatoms. The first-order valence-corrected chi connectivity index (χ1v) is 21.3. The van der Waals surface area contributed by atoms with Crippen molar-refractivity contribution >= 4 is 83.3 Å². The zero-order chi connectivity index (χ0) is 41.3. The third kappa shape index (κ3) is 5.18. The Bertz CT molecular complexity index is 3490. The van der Waals surface area contributed by atoms with Crippen molar-refractivity contribution in [2.75, 3.05) is 9.80 Å². The molecule has 4 nitrogen and oxygen atoms in total. The second kappa shape index (κ2) is 12.8. The molecular formula is C57H45N3O. The summed E-state index contributed by atoms with van der Waals surface area (Å²) in [6.45, 7) is 13.5. The van der Waals surface area contributed by atoms with Crippen LogP contribution in [0.2, 0.25) is 0 Å². The number of hydrogen-bond donors (Lipinski definition) is 0. The fourth-order valence-corrected chi connectivity index (χ4v) is 10.5. The molecule has 0 aliphatic heterocycles. The van der Waals surface area contributed by atoms with Crippen LogP contribution < -0.4 is 9.80 Å². The predicted molar refractivity (Wildman–Crippen MR) is 257 cm³/mol. The average Bonchev–Trinajstić information content (AvgIpc) is 3.95. The van der Waals surface area contributed by atoms with Gasteiger partial charge in [-0.15, -0.1) is 0 Å². The highest BCUT2D eigenvalue weighted by molar-refractivity contribution is 6.30. The first-order chi connectivity index (χ1) is 29.6. The minimum Gasteiger partial charge on any atom is -0.454 e. The Hall–Kier alpha value is -7.30. The second-order valence-corrected chi connectivity index (χ2v) is 17.8. The van der Waals surface area contributed by atoms with E-state index in [0.717, 1.165) is 61.6 Å². The van der Waals surface area contributed by atoms with Crippen molar-refractivity contribution in [3.8, 4) is 11.1 Å². The Kier molecular flexibility index (Phi) is 7.51. The number of fused-ring (bicyclic) bond motifs is 12. The molecule has 0 unspecified atom stereocenters. The van der Waals surface area contributed by atoms with E-state index in [-0.39, 0.29) is 5.41 Å². The van der Waals surface area contributed by atoms with E-state index < -0.39 is 0 Å². The smallest absolute Gasteiger partial charge is 0.161 e. The number of rotatable bonds is 6. The molecule has 294 valence electrons. The molecule has 11 aromatic rings. The third-order valence-electron chi connectivity index (χ3n) is 13.2. The molecule has 1 aliphatic carbocycles. The van der Waals surface area contributed by atoms with Crippen molar-refractivity contribution in [2.45, 2.75) is 47.0 Å². The van der Waals surface area contributed by atoms with Crippen LogP contribution >= 0.6 is 0 Å². The maximum atomic E-state index is 7.12. The van der Waals surface area contributed by atoms with E-state index in [4.69, 9.17) is 4.42 Å². The molecule has 0 N–H and O–H groups in total. The van der Waals surface area contributed by atoms with Gasteiger partial charge in [-0.1, -0.05) is 92.7 Å². The van der Waals surface area contributed by atoms with Gasteiger partial charge in [0.05, 0.1) is 5.52 Å². The normalized spacial score (nSPS) is 13.2. The minimum absolute atomic E-state index is 0.332. The first kappa shape index (κ1) is 35.6. The third-order valence-corrected chi connectivity index (χ3v) is 13.2. The van der Waals surface area contributed by atoms with Gasteiger partial charge in [-0.3, -0.25) is 0 Å². The fraction of sp³-hybridized carbons (Fsp3) is 0.123. The predicted octanol–water partition coefficient (Wildman–Crippen LogP) is 16.1. The largest absolute Gasteiger partial charge is 0.454 e. The van der Waals surface area contributed by atoms with E-state index in [9.17, 15) is 0 Å². The Labute approximate surface area is 355 Å². The van der Waals surface area contributed by atoms with Gasteiger partial charge < -0.3 is 18.6 Å². The second-order valence-electron chi connectivity index (χ2n) is 17.8. The summed E-state index contributed by atoms with van der Waals surface area (Å²) in [5.74, 6) is 0. The topological polar surface area (TPSA) is 24.0 Å². The van der Waals surface area contributed by atoms with Crippen molar-refractivity contribution in [2.24, 2.45) is 0 Å². The van der Waals surface area contributed by atoms with Crippen molar-refractivity contribution < 1.29 is 4.42 Å². The molecule has 12 rings (SSSR count). The van der Waals surface area contributed by atoms with Crippen LogP contribution in [0, 0.1) is 27.7 Å². The molecule has 0 atom stereocenters. The molecule has 61 heavy (non-hydrogen) atoms. The summed E-state index contributed by atoms with van der Waals surface area (Å²) in [6.07, 6.45) is 0. The summed E-state index contributed by atoms with van der Waals surface area (Å²) in [5.41, 5.74) is 20.8. The van der Waals surface area contributed by atoms with Gasteiger partial charge in [-0.05, 0) is 151 Å². The van der Waals surface area contributed by atoms with Gasteiger partial charge in [0.15, 0.2) is 5.58 Å². The summed E-state index contributed by atoms with van der Waals surface area (Å²) >= 11 is 0. The summed E-state index contributed by atoms with van der Waals surface area (Å²) in [7, 11) is 0. The summed E-state index contributed by atoms with van der Waals surface area (Å²) in [5, 5.41) is 6.07. The Morgan fingerprint density at radius 1 is 0.459 bits per heavy atom. The van der Waals surface area contributed by atoms with Crippen LogP contribution in [0.15, 0.2) is 168 Å². The number of hydrogen-bond acceptors (Lipinski definition) is 3. The lowest BCUT2D eigenvalue weighted by atomic mass is 9.85. The summed E-state index contributed by atoms with van der Waals surface area (Å²) in [6, 6.07) is 60.3. The number of nitrogens with zero attached hydrogens (tertiary/aromatic N) is 3. The molecule has 1 aliphatic rings. The molecule has 0 spiro atoms. The Balaban J connectivity index is 1.11. The van der Waals surface area contributed by atoms with Gasteiger partial charge in [0.2, 0.25) is 0 Å². The molecule has 0 saturated heterocycles. The zero-order valence-electron chi connectivity index (χ0n) is 35.3. The number of aryl methyl sites for hydroxylation is 4. The maximum absolute atomic E-state index is 7.12. The molecule has 0 bridgehead atoms. The van der Waals surface area contributed by atoms with E-state index in [1.807, 2.05) is 0 Å². The van der Waals surface area contributed by atoms with Gasteiger partial charge in [-0.2, -0.15) is 0 Å². The molecule has 0 fully saturated rings. The van der Waals surface area contributed by atoms with Crippen molar-refractivity contribution in [3.63, 3.8) is 0 Å². The van der Waals surface area contributed by atoms with E-state index in [1.165, 1.54) is 66.3 Å². The Morgan fingerprint density at radius 3 is 1.56 bits per heavy atom. The molecule has 8 aromatic carbocycles. The lowest BCUT2D eigenvalue weighted by Crippen LogP contribution is -2.19. The van der Waals surface area contributed by atoms with Gasteiger partial charge in [-0.25, -0.2) is 0 Å². The lowest BCUT2D eigenvalue weighted by molar-refractivity contribution is 0.633. The van der Waals surface area contributed by atoms with E-state index in [0.29, 0.717) is 0 Å². The monoisotopic (exact) mass is 787 g/mol. The molecular weight excluding hydrogens is 743 g/mol. The van der Waals surface area contributed by atoms with Crippen molar-refractivity contribution in [1.29, 1.82) is 0 Å². The molecule has 0 saturated carbocycles. The highest BCUT2D eigenvalue weighted by Crippen LogP contribution is 2.58. The average molecular weight is 788 g/mol. The van der Waals surface area contributed by atoms with Crippen LogP contribution in [-0.2, 0) is 5.41 Å². The lowest BCUT2D eigenvalue weighted by Gasteiger charge is -2.28. The van der Waals surface area contributed by atoms with Gasteiger partial charge >= 0.3 is 0 Å². The number of benzene rings is 8. The van der Waals surface area contributed by atoms with E-state index in [1.54, 1.807) is 0 Å². The highest BCUT2D eigenvalue weighted by Gasteiger charge is 2.43. The van der Waals surface area contributed by atoms with Crippen LogP contribution in [0.4, 0.5) is 34.1 Å². The van der Waals surface area contributed by atoms with Crippen molar-refractivity contribution in [3.05, 3.63) is 197 Å². The van der Waals surface area contributed by atoms with Gasteiger partial charge in [0.25, 0.3) is 0 Å². The molecule has 0 amide bonds. The molecule has 3 heterocycles. The van der Waals surface area contributed by atoms with Gasteiger partial charge in [0.1, 0.15) is 11.1 Å². The number of furan rings is 1. The van der Waals surface area contributed by atoms with E-state index >= 15 is 0 Å². The standard InChI is InChI=1S/C57H45N3O/c1-34-13-9-18-39(27-34)58(40-19-10-14-35(2)28-40)43-23-25-46-49(32-43)57(5,6)56-52(46)51-45-22-8-7-17-38(45)31-48-53(51)60(56)54-47-26-24-44(33-50(47)61-55(48)54)59(41-20-11-15-36(3)29-41)42-21-12-16-37(4)30-42/h7-33H,1-6H3. The van der Waals surface area contributed by atoms with E-state index in [2.05, 4.69) is 220 Å². The van der Waals surface area contributed by atoms with Crippen molar-refractivity contribution in [1.82, 2.24) is 4.40 Å². The maximum Gasteiger partial charge on any atom is 0.161 e. The van der Waals surface area contributed by atoms with Crippen LogP contribution in [0.1, 0.15) is 47.4 Å². The zero-order valence-corrected chi connectivity index (χ0v) is 35.3. The molecule has 0 radical (unpaired) electrons. The van der Waals surface area contributed by atoms with Crippen LogP contribution in [-0.4, -0.2) is 4.40 Å². The fourth-order valence-electron chi connectivity index (χ4n) is 10.5. The van der Waals surface area contributed by atoms with Crippen LogP contribution in [0.25, 0.3) is 60.3 Å². The summed E-state index contributed by atoms with van der Waals surface area (Å²) < 4.78 is 9.69. The Morgan fingerprint density at radius 2 is 0.984 bits per heavy atom. The summed E-state index contributed by atoms with van der Waals surface area (Å²) in [4.78, 5) is 4.75. The highest BCUT2D eigenvalue weighted by atomic mass is 16.3. The van der Waals surface area contributed by atoms with Crippen LogP contribution in [0.5, 0.6) is 0 Å².